The van der Waals surface area contributed by atoms with Gasteiger partial charge in [0.2, 0.25) is 0 Å². The van der Waals surface area contributed by atoms with Crippen molar-refractivity contribution in [2.75, 3.05) is 6.54 Å². The zero-order valence-corrected chi connectivity index (χ0v) is 11.7. The Morgan fingerprint density at radius 3 is 2.06 bits per heavy atom. The Morgan fingerprint density at radius 2 is 1.67 bits per heavy atom. The zero-order valence-electron chi connectivity index (χ0n) is 11.7. The van der Waals surface area contributed by atoms with Crippen LogP contribution < -0.4 is 5.73 Å². The Balaban J connectivity index is 2.97. The molecular weight excluding hydrogens is 226 g/mol. The van der Waals surface area contributed by atoms with Gasteiger partial charge in [0.05, 0.1) is 0 Å². The Hall–Kier alpha value is -1.19. The van der Waals surface area contributed by atoms with Gasteiger partial charge >= 0.3 is 0 Å². The van der Waals surface area contributed by atoms with Crippen LogP contribution in [0.5, 0.6) is 0 Å². The molecule has 0 aromatic heterocycles. The third-order valence-electron chi connectivity index (χ3n) is 3.25. The smallest absolute Gasteiger partial charge is 0.193 e. The summed E-state index contributed by atoms with van der Waals surface area (Å²) in [4.78, 5) is 11.9. The third kappa shape index (κ3) is 3.40. The van der Waals surface area contributed by atoms with Gasteiger partial charge in [-0.05, 0) is 37.8 Å². The molecule has 0 spiro atoms. The summed E-state index contributed by atoms with van der Waals surface area (Å²) in [6, 6.07) is 7.42. The topological polar surface area (TPSA) is 63.3 Å². The number of carbonyl (C=O) groups is 1. The van der Waals surface area contributed by atoms with E-state index in [1.165, 1.54) is 13.8 Å². The predicted molar refractivity (Wildman–Crippen MR) is 73.8 cm³/mol. The van der Waals surface area contributed by atoms with Crippen LogP contribution in [0.1, 0.15) is 50.0 Å². The first-order chi connectivity index (χ1) is 8.18. The second-order valence-electron chi connectivity index (χ2n) is 5.89. The molecule has 0 aliphatic carbocycles. The first kappa shape index (κ1) is 14.9. The number of hydrogen-bond donors (Lipinski definition) is 2. The largest absolute Gasteiger partial charge is 0.382 e. The van der Waals surface area contributed by atoms with Crippen LogP contribution in [0.15, 0.2) is 24.3 Å². The fourth-order valence-electron chi connectivity index (χ4n) is 1.93. The third-order valence-corrected chi connectivity index (χ3v) is 3.25. The van der Waals surface area contributed by atoms with Crippen LogP contribution in [-0.2, 0) is 5.41 Å². The molecule has 3 nitrogen and oxygen atoms in total. The molecule has 1 aromatic carbocycles. The van der Waals surface area contributed by atoms with Gasteiger partial charge in [-0.3, -0.25) is 4.79 Å². The van der Waals surface area contributed by atoms with E-state index in [-0.39, 0.29) is 11.2 Å². The maximum absolute atomic E-state index is 11.9. The van der Waals surface area contributed by atoms with E-state index in [0.29, 0.717) is 12.1 Å². The van der Waals surface area contributed by atoms with Crippen molar-refractivity contribution in [2.24, 2.45) is 5.73 Å². The van der Waals surface area contributed by atoms with E-state index in [4.69, 9.17) is 5.73 Å². The molecule has 1 rings (SSSR count). The second-order valence-corrected chi connectivity index (χ2v) is 5.89. The molecule has 1 aromatic rings. The first-order valence-electron chi connectivity index (χ1n) is 6.26. The molecule has 3 N–H and O–H groups in total. The molecule has 0 aliphatic rings. The molecule has 0 radical (unpaired) electrons. The van der Waals surface area contributed by atoms with Gasteiger partial charge < -0.3 is 10.8 Å². The van der Waals surface area contributed by atoms with Gasteiger partial charge in [0.15, 0.2) is 5.78 Å². The molecule has 100 valence electrons. The normalized spacial score (nSPS) is 12.6. The Bertz CT molecular complexity index is 413. The van der Waals surface area contributed by atoms with E-state index in [0.717, 1.165) is 12.0 Å². The van der Waals surface area contributed by atoms with E-state index in [2.05, 4.69) is 13.8 Å². The van der Waals surface area contributed by atoms with Crippen molar-refractivity contribution in [3.8, 4) is 0 Å². The number of benzene rings is 1. The summed E-state index contributed by atoms with van der Waals surface area (Å²) < 4.78 is 0. The van der Waals surface area contributed by atoms with Crippen LogP contribution in [0.25, 0.3) is 0 Å². The van der Waals surface area contributed by atoms with Crippen LogP contribution in [0.3, 0.4) is 0 Å². The van der Waals surface area contributed by atoms with Gasteiger partial charge in [0.25, 0.3) is 0 Å². The van der Waals surface area contributed by atoms with Crippen LogP contribution in [0.4, 0.5) is 0 Å². The highest BCUT2D eigenvalue weighted by molar-refractivity contribution is 6.01. The summed E-state index contributed by atoms with van der Waals surface area (Å²) in [6.07, 6.45) is 0.895. The fraction of sp³-hybridized carbons (Fsp3) is 0.533. The minimum absolute atomic E-state index is 0.00502. The van der Waals surface area contributed by atoms with E-state index in [9.17, 15) is 9.90 Å². The number of Topliss-reactive ketones (excluding diaryl/α,β-unsaturated/α-hetero) is 1. The van der Waals surface area contributed by atoms with Crippen molar-refractivity contribution >= 4 is 5.78 Å². The number of hydrogen-bond acceptors (Lipinski definition) is 3. The molecule has 3 heteroatoms. The number of aliphatic hydroxyl groups is 1. The van der Waals surface area contributed by atoms with Crippen LogP contribution in [0, 0.1) is 0 Å². The minimum Gasteiger partial charge on any atom is -0.382 e. The highest BCUT2D eigenvalue weighted by Gasteiger charge is 2.26. The van der Waals surface area contributed by atoms with E-state index in [1.54, 1.807) is 12.1 Å². The maximum atomic E-state index is 11.9. The van der Waals surface area contributed by atoms with Crippen LogP contribution in [-0.4, -0.2) is 23.0 Å². The molecule has 0 bridgehead atoms. The summed E-state index contributed by atoms with van der Waals surface area (Å²) in [5.41, 5.74) is 5.97. The van der Waals surface area contributed by atoms with Gasteiger partial charge in [-0.2, -0.15) is 0 Å². The van der Waals surface area contributed by atoms with E-state index >= 15 is 0 Å². The Labute approximate surface area is 109 Å². The second kappa shape index (κ2) is 5.21. The Morgan fingerprint density at radius 1 is 1.17 bits per heavy atom. The number of rotatable bonds is 5. The van der Waals surface area contributed by atoms with E-state index in [1.807, 2.05) is 12.1 Å². The van der Waals surface area contributed by atoms with E-state index < -0.39 is 5.60 Å². The quantitative estimate of drug-likeness (QED) is 0.787. The van der Waals surface area contributed by atoms with Crippen molar-refractivity contribution in [1.82, 2.24) is 0 Å². The SMILES string of the molecule is CC(C)(O)C(=O)c1ccc(C(C)(C)CCN)cc1. The maximum Gasteiger partial charge on any atom is 0.193 e. The molecule has 0 atom stereocenters. The highest BCUT2D eigenvalue weighted by atomic mass is 16.3. The zero-order chi connectivity index (χ0) is 14.0. The molecule has 0 saturated carbocycles. The average Bonchev–Trinajstić information content (AvgIpc) is 2.27. The molecule has 0 saturated heterocycles. The molecule has 0 aliphatic heterocycles. The lowest BCUT2D eigenvalue weighted by Gasteiger charge is -2.25. The molecule has 0 unspecified atom stereocenters. The van der Waals surface area contributed by atoms with Crippen molar-refractivity contribution in [3.63, 3.8) is 0 Å². The lowest BCUT2D eigenvalue weighted by Crippen LogP contribution is -2.31. The summed E-state index contributed by atoms with van der Waals surface area (Å²) in [5.74, 6) is -0.259. The summed E-state index contributed by atoms with van der Waals surface area (Å²) >= 11 is 0. The highest BCUT2D eigenvalue weighted by Crippen LogP contribution is 2.27. The number of nitrogens with two attached hydrogens (primary N) is 1. The van der Waals surface area contributed by atoms with Gasteiger partial charge in [-0.1, -0.05) is 38.1 Å². The van der Waals surface area contributed by atoms with Gasteiger partial charge in [-0.25, -0.2) is 0 Å². The van der Waals surface area contributed by atoms with Crippen molar-refractivity contribution in [2.45, 2.75) is 45.1 Å². The molecular formula is C15H23NO2. The summed E-state index contributed by atoms with van der Waals surface area (Å²) in [7, 11) is 0. The van der Waals surface area contributed by atoms with Gasteiger partial charge in [0, 0.05) is 5.56 Å². The van der Waals surface area contributed by atoms with Crippen molar-refractivity contribution in [3.05, 3.63) is 35.4 Å². The molecule has 0 heterocycles. The van der Waals surface area contributed by atoms with Gasteiger partial charge in [-0.15, -0.1) is 0 Å². The fourth-order valence-corrected chi connectivity index (χ4v) is 1.93. The lowest BCUT2D eigenvalue weighted by molar-refractivity contribution is 0.0488. The number of carbonyl (C=O) groups excluding carboxylic acids is 1. The molecule has 0 fully saturated rings. The average molecular weight is 249 g/mol. The lowest BCUT2D eigenvalue weighted by atomic mass is 9.81. The summed E-state index contributed by atoms with van der Waals surface area (Å²) in [6.45, 7) is 7.90. The van der Waals surface area contributed by atoms with Crippen LogP contribution in [0.2, 0.25) is 0 Å². The number of ketones is 1. The minimum atomic E-state index is -1.33. The molecule has 18 heavy (non-hydrogen) atoms. The van der Waals surface area contributed by atoms with Crippen molar-refractivity contribution < 1.29 is 9.90 Å². The summed E-state index contributed by atoms with van der Waals surface area (Å²) in [5, 5.41) is 9.69. The first-order valence-corrected chi connectivity index (χ1v) is 6.26. The molecule has 0 amide bonds. The van der Waals surface area contributed by atoms with Crippen LogP contribution >= 0.6 is 0 Å². The predicted octanol–water partition coefficient (Wildman–Crippen LogP) is 2.27. The van der Waals surface area contributed by atoms with Crippen molar-refractivity contribution in [1.29, 1.82) is 0 Å². The van der Waals surface area contributed by atoms with Gasteiger partial charge in [0.1, 0.15) is 5.60 Å². The standard InChI is InChI=1S/C15H23NO2/c1-14(2,9-10-16)12-7-5-11(6-8-12)13(17)15(3,4)18/h5-8,18H,9-10,16H2,1-4H3. The monoisotopic (exact) mass is 249 g/mol. The Kier molecular flexibility index (Phi) is 4.30.